The Morgan fingerprint density at radius 3 is 2.25 bits per heavy atom. The Labute approximate surface area is 133 Å². The van der Waals surface area contributed by atoms with Gasteiger partial charge in [-0.25, -0.2) is 8.78 Å². The lowest BCUT2D eigenvalue weighted by Crippen LogP contribution is -2.21. The van der Waals surface area contributed by atoms with Crippen LogP contribution < -0.4 is 5.32 Å². The van der Waals surface area contributed by atoms with Crippen LogP contribution >= 0.6 is 31.9 Å². The third kappa shape index (κ3) is 3.65. The monoisotopic (exact) mass is 403 g/mol. The van der Waals surface area contributed by atoms with Gasteiger partial charge < -0.3 is 5.32 Å². The van der Waals surface area contributed by atoms with Gasteiger partial charge in [-0.3, -0.25) is 0 Å². The van der Waals surface area contributed by atoms with Crippen molar-refractivity contribution in [1.82, 2.24) is 5.32 Å². The first-order valence-electron chi connectivity index (χ1n) is 6.07. The maximum absolute atomic E-state index is 14.0. The fourth-order valence-electron chi connectivity index (χ4n) is 2.13. The lowest BCUT2D eigenvalue weighted by Gasteiger charge is -2.18. The molecule has 0 radical (unpaired) electrons. The van der Waals surface area contributed by atoms with Crippen molar-refractivity contribution in [2.45, 2.75) is 12.5 Å². The van der Waals surface area contributed by atoms with E-state index < -0.39 is 17.7 Å². The first kappa shape index (κ1) is 15.6. The topological polar surface area (TPSA) is 12.0 Å². The lowest BCUT2D eigenvalue weighted by molar-refractivity contribution is 0.488. The second-order valence-corrected chi connectivity index (χ2v) is 6.29. The Balaban J connectivity index is 2.34. The van der Waals surface area contributed by atoms with E-state index in [0.29, 0.717) is 10.9 Å². The van der Waals surface area contributed by atoms with E-state index in [1.807, 2.05) is 24.3 Å². The SMILES string of the molecule is CNC(Cc1cccc(Br)c1)c1c(F)cc(Br)cc1F. The molecule has 0 heterocycles. The number of rotatable bonds is 4. The zero-order chi connectivity index (χ0) is 14.7. The summed E-state index contributed by atoms with van der Waals surface area (Å²) in [6, 6.07) is 9.84. The van der Waals surface area contributed by atoms with Gasteiger partial charge in [0.2, 0.25) is 0 Å². The third-order valence-corrected chi connectivity index (χ3v) is 4.02. The molecule has 2 aromatic rings. The Kier molecular flexibility index (Phi) is 5.29. The molecule has 0 aliphatic carbocycles. The van der Waals surface area contributed by atoms with E-state index in [2.05, 4.69) is 37.2 Å². The second-order valence-electron chi connectivity index (χ2n) is 4.46. The van der Waals surface area contributed by atoms with Crippen LogP contribution in [0.3, 0.4) is 0 Å². The molecule has 0 aromatic heterocycles. The molecule has 5 heteroatoms. The lowest BCUT2D eigenvalue weighted by atomic mass is 9.98. The summed E-state index contributed by atoms with van der Waals surface area (Å²) in [6.07, 6.45) is 0.505. The van der Waals surface area contributed by atoms with Crippen LogP contribution in [0.4, 0.5) is 8.78 Å². The van der Waals surface area contributed by atoms with Crippen LogP contribution in [0.15, 0.2) is 45.3 Å². The molecule has 0 aliphatic rings. The highest BCUT2D eigenvalue weighted by atomic mass is 79.9. The molecule has 0 aliphatic heterocycles. The summed E-state index contributed by atoms with van der Waals surface area (Å²) in [4.78, 5) is 0. The summed E-state index contributed by atoms with van der Waals surface area (Å²) >= 11 is 6.48. The molecule has 106 valence electrons. The van der Waals surface area contributed by atoms with Crippen LogP contribution in [0, 0.1) is 11.6 Å². The molecule has 0 fully saturated rings. The number of hydrogen-bond acceptors (Lipinski definition) is 1. The average Bonchev–Trinajstić information content (AvgIpc) is 2.36. The zero-order valence-electron chi connectivity index (χ0n) is 10.8. The second kappa shape index (κ2) is 6.78. The van der Waals surface area contributed by atoms with Gasteiger partial charge in [0.25, 0.3) is 0 Å². The summed E-state index contributed by atoms with van der Waals surface area (Å²) in [5, 5.41) is 2.98. The Morgan fingerprint density at radius 1 is 1.05 bits per heavy atom. The van der Waals surface area contributed by atoms with E-state index in [-0.39, 0.29) is 5.56 Å². The van der Waals surface area contributed by atoms with Crippen LogP contribution in [0.2, 0.25) is 0 Å². The van der Waals surface area contributed by atoms with Crippen molar-refractivity contribution in [3.05, 3.63) is 68.1 Å². The molecule has 0 spiro atoms. The largest absolute Gasteiger partial charge is 0.313 e. The minimum atomic E-state index is -0.550. The molecule has 1 N–H and O–H groups in total. The third-order valence-electron chi connectivity index (χ3n) is 3.07. The van der Waals surface area contributed by atoms with Crippen LogP contribution in [-0.4, -0.2) is 7.05 Å². The van der Waals surface area contributed by atoms with Crippen molar-refractivity contribution in [3.63, 3.8) is 0 Å². The molecule has 0 amide bonds. The molecule has 20 heavy (non-hydrogen) atoms. The van der Waals surface area contributed by atoms with E-state index in [4.69, 9.17) is 0 Å². The van der Waals surface area contributed by atoms with Gasteiger partial charge in [0.05, 0.1) is 0 Å². The van der Waals surface area contributed by atoms with Gasteiger partial charge in [0.1, 0.15) is 11.6 Å². The van der Waals surface area contributed by atoms with E-state index in [0.717, 1.165) is 10.0 Å². The highest BCUT2D eigenvalue weighted by Gasteiger charge is 2.20. The van der Waals surface area contributed by atoms with Crippen molar-refractivity contribution < 1.29 is 8.78 Å². The van der Waals surface area contributed by atoms with Crippen LogP contribution in [-0.2, 0) is 6.42 Å². The minimum absolute atomic E-state index is 0.0654. The molecule has 0 saturated carbocycles. The standard InChI is InChI=1S/C15H13Br2F2N/c1-20-14(6-9-3-2-4-10(16)5-9)15-12(18)7-11(17)8-13(15)19/h2-5,7-8,14,20H,6H2,1H3. The smallest absolute Gasteiger partial charge is 0.132 e. The molecule has 2 rings (SSSR count). The van der Waals surface area contributed by atoms with E-state index in [1.54, 1.807) is 7.05 Å². The molecule has 0 saturated heterocycles. The van der Waals surface area contributed by atoms with Crippen molar-refractivity contribution >= 4 is 31.9 Å². The number of hydrogen-bond donors (Lipinski definition) is 1. The van der Waals surface area contributed by atoms with Crippen molar-refractivity contribution in [2.75, 3.05) is 7.05 Å². The molecule has 1 atom stereocenters. The van der Waals surface area contributed by atoms with Gasteiger partial charge >= 0.3 is 0 Å². The van der Waals surface area contributed by atoms with Crippen LogP contribution in [0.1, 0.15) is 17.2 Å². The maximum Gasteiger partial charge on any atom is 0.132 e. The molecule has 1 unspecified atom stereocenters. The number of benzene rings is 2. The summed E-state index contributed by atoms with van der Waals surface area (Å²) in [5.41, 5.74) is 1.07. The zero-order valence-corrected chi connectivity index (χ0v) is 13.9. The summed E-state index contributed by atoms with van der Waals surface area (Å²) in [6.45, 7) is 0. The first-order chi connectivity index (χ1) is 9.51. The Hall–Kier alpha value is -0.780. The summed E-state index contributed by atoms with van der Waals surface area (Å²) < 4.78 is 29.4. The first-order valence-corrected chi connectivity index (χ1v) is 7.66. The Morgan fingerprint density at radius 2 is 1.70 bits per heavy atom. The average molecular weight is 405 g/mol. The molecular formula is C15H13Br2F2N. The predicted octanol–water partition coefficient (Wildman–Crippen LogP) is 4.99. The van der Waals surface area contributed by atoms with E-state index in [9.17, 15) is 8.78 Å². The number of nitrogens with one attached hydrogen (secondary N) is 1. The fourth-order valence-corrected chi connectivity index (χ4v) is 2.98. The Bertz CT molecular complexity index is 594. The van der Waals surface area contributed by atoms with Gasteiger partial charge in [-0.1, -0.05) is 44.0 Å². The predicted molar refractivity (Wildman–Crippen MR) is 83.7 cm³/mol. The molecule has 0 bridgehead atoms. The summed E-state index contributed by atoms with van der Waals surface area (Å²) in [5.74, 6) is -1.10. The van der Waals surface area contributed by atoms with Gasteiger partial charge in [-0.05, 0) is 43.3 Å². The van der Waals surface area contributed by atoms with Gasteiger partial charge in [0, 0.05) is 20.6 Å². The van der Waals surface area contributed by atoms with Gasteiger partial charge in [0.15, 0.2) is 0 Å². The normalized spacial score (nSPS) is 12.4. The highest BCUT2D eigenvalue weighted by Crippen LogP contribution is 2.27. The quantitative estimate of drug-likeness (QED) is 0.756. The van der Waals surface area contributed by atoms with Crippen molar-refractivity contribution in [3.8, 4) is 0 Å². The van der Waals surface area contributed by atoms with E-state index >= 15 is 0 Å². The van der Waals surface area contributed by atoms with Crippen molar-refractivity contribution in [1.29, 1.82) is 0 Å². The molecule has 2 aromatic carbocycles. The highest BCUT2D eigenvalue weighted by molar-refractivity contribution is 9.10. The van der Waals surface area contributed by atoms with Crippen LogP contribution in [0.25, 0.3) is 0 Å². The minimum Gasteiger partial charge on any atom is -0.313 e. The number of halogens is 4. The number of likely N-dealkylation sites (N-methyl/N-ethyl adjacent to an activating group) is 1. The van der Waals surface area contributed by atoms with E-state index in [1.165, 1.54) is 12.1 Å². The molecule has 1 nitrogen and oxygen atoms in total. The molecular weight excluding hydrogens is 392 g/mol. The van der Waals surface area contributed by atoms with Gasteiger partial charge in [-0.15, -0.1) is 0 Å². The fraction of sp³-hybridized carbons (Fsp3) is 0.200. The maximum atomic E-state index is 14.0. The summed E-state index contributed by atoms with van der Waals surface area (Å²) in [7, 11) is 1.70. The van der Waals surface area contributed by atoms with Crippen LogP contribution in [0.5, 0.6) is 0 Å². The van der Waals surface area contributed by atoms with Crippen molar-refractivity contribution in [2.24, 2.45) is 0 Å². The van der Waals surface area contributed by atoms with Gasteiger partial charge in [-0.2, -0.15) is 0 Å².